The van der Waals surface area contributed by atoms with Crippen LogP contribution in [0.4, 0.5) is 0 Å². The maximum atomic E-state index is 11.5. The lowest BCUT2D eigenvalue weighted by Gasteiger charge is -2.08. The summed E-state index contributed by atoms with van der Waals surface area (Å²) in [6, 6.07) is 5.41. The standard InChI is InChI=1S/C12H16N2O3/c1-13-14-8-10(15)6-9-4-5-11(16-2)12(7-9)17-3/h4-5,7H,6,8H2,1-3H3/b14-13-. The second-order valence-electron chi connectivity index (χ2n) is 3.40. The van der Waals surface area contributed by atoms with Gasteiger partial charge in [0.25, 0.3) is 0 Å². The van der Waals surface area contributed by atoms with Crippen molar-refractivity contribution in [3.05, 3.63) is 23.8 Å². The number of carbonyl (C=O) groups is 1. The predicted molar refractivity (Wildman–Crippen MR) is 63.9 cm³/mol. The Morgan fingerprint density at radius 2 is 1.94 bits per heavy atom. The molecule has 0 aliphatic carbocycles. The number of hydrogen-bond donors (Lipinski definition) is 0. The van der Waals surface area contributed by atoms with E-state index in [0.29, 0.717) is 17.9 Å². The third kappa shape index (κ3) is 3.86. The fraction of sp³-hybridized carbons (Fsp3) is 0.417. The largest absolute Gasteiger partial charge is 0.493 e. The number of Topliss-reactive ketones (excluding diaryl/α,β-unsaturated/α-hetero) is 1. The molecule has 1 aromatic rings. The van der Waals surface area contributed by atoms with E-state index in [1.165, 1.54) is 0 Å². The van der Waals surface area contributed by atoms with Crippen molar-refractivity contribution in [2.75, 3.05) is 27.8 Å². The molecule has 17 heavy (non-hydrogen) atoms. The fourth-order valence-electron chi connectivity index (χ4n) is 1.42. The fourth-order valence-corrected chi connectivity index (χ4v) is 1.42. The van der Waals surface area contributed by atoms with E-state index < -0.39 is 0 Å². The summed E-state index contributed by atoms with van der Waals surface area (Å²) < 4.78 is 10.3. The van der Waals surface area contributed by atoms with E-state index in [2.05, 4.69) is 10.2 Å². The molecule has 0 radical (unpaired) electrons. The molecule has 0 aliphatic rings. The lowest BCUT2D eigenvalue weighted by molar-refractivity contribution is -0.117. The first-order valence-corrected chi connectivity index (χ1v) is 5.19. The molecule has 0 amide bonds. The molecule has 92 valence electrons. The molecule has 0 spiro atoms. The van der Waals surface area contributed by atoms with Gasteiger partial charge in [0.1, 0.15) is 6.54 Å². The molecule has 0 saturated heterocycles. The summed E-state index contributed by atoms with van der Waals surface area (Å²) in [7, 11) is 4.68. The topological polar surface area (TPSA) is 60.2 Å². The van der Waals surface area contributed by atoms with Crippen LogP contribution < -0.4 is 9.47 Å². The van der Waals surface area contributed by atoms with Crippen molar-refractivity contribution in [2.24, 2.45) is 10.2 Å². The van der Waals surface area contributed by atoms with Gasteiger partial charge in [0, 0.05) is 13.5 Å². The zero-order valence-electron chi connectivity index (χ0n) is 10.3. The van der Waals surface area contributed by atoms with Crippen molar-refractivity contribution in [1.82, 2.24) is 0 Å². The van der Waals surface area contributed by atoms with Gasteiger partial charge in [-0.2, -0.15) is 10.2 Å². The minimum Gasteiger partial charge on any atom is -0.493 e. The average molecular weight is 236 g/mol. The van der Waals surface area contributed by atoms with Crippen LogP contribution in [0.3, 0.4) is 0 Å². The van der Waals surface area contributed by atoms with Crippen LogP contribution in [-0.2, 0) is 11.2 Å². The smallest absolute Gasteiger partial charge is 0.161 e. The van der Waals surface area contributed by atoms with Gasteiger partial charge in [-0.3, -0.25) is 4.79 Å². The Kier molecular flexibility index (Phi) is 5.13. The second-order valence-corrected chi connectivity index (χ2v) is 3.40. The van der Waals surface area contributed by atoms with Gasteiger partial charge in [-0.1, -0.05) is 6.07 Å². The molecular weight excluding hydrogens is 220 g/mol. The van der Waals surface area contributed by atoms with Gasteiger partial charge < -0.3 is 9.47 Å². The van der Waals surface area contributed by atoms with Crippen molar-refractivity contribution >= 4 is 5.78 Å². The van der Waals surface area contributed by atoms with E-state index >= 15 is 0 Å². The van der Waals surface area contributed by atoms with Crippen molar-refractivity contribution < 1.29 is 14.3 Å². The Morgan fingerprint density at radius 3 is 2.53 bits per heavy atom. The first kappa shape index (κ1) is 13.2. The van der Waals surface area contributed by atoms with Crippen molar-refractivity contribution in [3.63, 3.8) is 0 Å². The van der Waals surface area contributed by atoms with E-state index in [1.807, 2.05) is 6.07 Å². The molecule has 5 nitrogen and oxygen atoms in total. The molecule has 0 bridgehead atoms. The highest BCUT2D eigenvalue weighted by atomic mass is 16.5. The quantitative estimate of drug-likeness (QED) is 0.709. The average Bonchev–Trinajstić information content (AvgIpc) is 2.36. The summed E-state index contributed by atoms with van der Waals surface area (Å²) in [6.45, 7) is 0.116. The van der Waals surface area contributed by atoms with Crippen molar-refractivity contribution in [1.29, 1.82) is 0 Å². The van der Waals surface area contributed by atoms with Gasteiger partial charge in [-0.25, -0.2) is 0 Å². The van der Waals surface area contributed by atoms with Crippen LogP contribution in [0.2, 0.25) is 0 Å². The molecule has 0 atom stereocenters. The highest BCUT2D eigenvalue weighted by Crippen LogP contribution is 2.27. The predicted octanol–water partition coefficient (Wildman–Crippen LogP) is 1.90. The van der Waals surface area contributed by atoms with E-state index in [9.17, 15) is 4.79 Å². The molecule has 0 unspecified atom stereocenters. The summed E-state index contributed by atoms with van der Waals surface area (Å²) in [5.41, 5.74) is 0.874. The normalized spacial score (nSPS) is 10.5. The summed E-state index contributed by atoms with van der Waals surface area (Å²) in [5.74, 6) is 1.29. The zero-order chi connectivity index (χ0) is 12.7. The van der Waals surface area contributed by atoms with Gasteiger partial charge in [0.2, 0.25) is 0 Å². The SMILES string of the molecule is C/N=N\CC(=O)Cc1ccc(OC)c(OC)c1. The molecule has 0 aliphatic heterocycles. The van der Waals surface area contributed by atoms with Gasteiger partial charge in [0.05, 0.1) is 14.2 Å². The van der Waals surface area contributed by atoms with Gasteiger partial charge in [0.15, 0.2) is 17.3 Å². The summed E-state index contributed by atoms with van der Waals surface area (Å²) in [4.78, 5) is 11.5. The first-order chi connectivity index (χ1) is 8.21. The van der Waals surface area contributed by atoms with E-state index in [0.717, 1.165) is 5.56 Å². The number of hydrogen-bond acceptors (Lipinski definition) is 5. The second kappa shape index (κ2) is 6.62. The van der Waals surface area contributed by atoms with Crippen molar-refractivity contribution in [3.8, 4) is 11.5 Å². The highest BCUT2D eigenvalue weighted by molar-refractivity contribution is 5.83. The van der Waals surface area contributed by atoms with Crippen molar-refractivity contribution in [2.45, 2.75) is 6.42 Å². The third-order valence-electron chi connectivity index (χ3n) is 2.24. The van der Waals surface area contributed by atoms with Crippen LogP contribution >= 0.6 is 0 Å². The minimum absolute atomic E-state index is 0.0165. The number of benzene rings is 1. The number of azo groups is 1. The van der Waals surface area contributed by atoms with Crippen LogP contribution in [0.1, 0.15) is 5.56 Å². The van der Waals surface area contributed by atoms with E-state index in [-0.39, 0.29) is 12.3 Å². The maximum Gasteiger partial charge on any atom is 0.161 e. The van der Waals surface area contributed by atoms with E-state index in [1.54, 1.807) is 33.4 Å². The molecule has 1 aromatic carbocycles. The lowest BCUT2D eigenvalue weighted by Crippen LogP contribution is -2.06. The minimum atomic E-state index is 0.0165. The van der Waals surface area contributed by atoms with Gasteiger partial charge in [-0.15, -0.1) is 0 Å². The number of ether oxygens (including phenoxy) is 2. The van der Waals surface area contributed by atoms with Crippen LogP contribution in [-0.4, -0.2) is 33.6 Å². The van der Waals surface area contributed by atoms with Gasteiger partial charge >= 0.3 is 0 Å². The van der Waals surface area contributed by atoms with Crippen LogP contribution in [0.15, 0.2) is 28.4 Å². The number of rotatable bonds is 6. The third-order valence-corrected chi connectivity index (χ3v) is 2.24. The maximum absolute atomic E-state index is 11.5. The molecule has 0 aromatic heterocycles. The summed E-state index contributed by atoms with van der Waals surface area (Å²) in [5, 5.41) is 7.20. The van der Waals surface area contributed by atoms with Gasteiger partial charge in [-0.05, 0) is 17.7 Å². The summed E-state index contributed by atoms with van der Waals surface area (Å²) in [6.07, 6.45) is 0.319. The summed E-state index contributed by atoms with van der Waals surface area (Å²) >= 11 is 0. The highest BCUT2D eigenvalue weighted by Gasteiger charge is 2.07. The monoisotopic (exact) mass is 236 g/mol. The first-order valence-electron chi connectivity index (χ1n) is 5.19. The van der Waals surface area contributed by atoms with E-state index in [4.69, 9.17) is 9.47 Å². The Balaban J connectivity index is 2.75. The molecule has 0 fully saturated rings. The molecular formula is C12H16N2O3. The molecule has 0 heterocycles. The number of nitrogens with zero attached hydrogens (tertiary/aromatic N) is 2. The Labute approximate surface area is 100 Å². The number of carbonyl (C=O) groups excluding carboxylic acids is 1. The number of methoxy groups -OCH3 is 2. The molecule has 1 rings (SSSR count). The van der Waals surface area contributed by atoms with Crippen LogP contribution in [0.5, 0.6) is 11.5 Å². The Morgan fingerprint density at radius 1 is 1.24 bits per heavy atom. The number of ketones is 1. The zero-order valence-corrected chi connectivity index (χ0v) is 10.3. The lowest BCUT2D eigenvalue weighted by atomic mass is 10.1. The molecule has 0 N–H and O–H groups in total. The molecule has 0 saturated carbocycles. The Bertz CT molecular complexity index is 416. The van der Waals surface area contributed by atoms with Crippen LogP contribution in [0, 0.1) is 0 Å². The van der Waals surface area contributed by atoms with Crippen LogP contribution in [0.25, 0.3) is 0 Å². The Hall–Kier alpha value is -1.91. The molecule has 5 heteroatoms.